The molecule has 70 valence electrons. The van der Waals surface area contributed by atoms with Gasteiger partial charge in [-0.2, -0.15) is 0 Å². The van der Waals surface area contributed by atoms with Crippen molar-refractivity contribution in [3.05, 3.63) is 47.6 Å². The molecule has 0 fully saturated rings. The third-order valence-corrected chi connectivity index (χ3v) is 2.43. The van der Waals surface area contributed by atoms with E-state index in [-0.39, 0.29) is 0 Å². The van der Waals surface area contributed by atoms with Gasteiger partial charge in [-0.1, -0.05) is 43.4 Å². The second kappa shape index (κ2) is 4.86. The van der Waals surface area contributed by atoms with Crippen LogP contribution in [0.4, 0.5) is 0 Å². The normalized spacial score (nSPS) is 29.3. The van der Waals surface area contributed by atoms with E-state index in [1.165, 1.54) is 17.6 Å². The zero-order valence-corrected chi connectivity index (χ0v) is 8.75. The van der Waals surface area contributed by atoms with Gasteiger partial charge >= 0.3 is 0 Å². The molecule has 0 aromatic heterocycles. The molecule has 1 aliphatic rings. The molecule has 1 atom stereocenters. The lowest BCUT2D eigenvalue weighted by molar-refractivity contribution is 0.691. The van der Waals surface area contributed by atoms with Crippen molar-refractivity contribution in [2.45, 2.75) is 27.2 Å². The van der Waals surface area contributed by atoms with Gasteiger partial charge in [0.05, 0.1) is 0 Å². The molecule has 0 saturated heterocycles. The van der Waals surface area contributed by atoms with Gasteiger partial charge in [0.1, 0.15) is 0 Å². The molecule has 0 radical (unpaired) electrons. The van der Waals surface area contributed by atoms with Crippen LogP contribution in [-0.4, -0.2) is 0 Å². The molecule has 13 heavy (non-hydrogen) atoms. The fourth-order valence-electron chi connectivity index (χ4n) is 1.71. The van der Waals surface area contributed by atoms with E-state index < -0.39 is 0 Å². The molecule has 0 unspecified atom stereocenters. The Labute approximate surface area is 81.4 Å². The van der Waals surface area contributed by atoms with Gasteiger partial charge in [-0.25, -0.2) is 0 Å². The minimum Gasteiger partial charge on any atom is -0.0876 e. The van der Waals surface area contributed by atoms with Crippen LogP contribution in [0.1, 0.15) is 27.2 Å². The Balaban J connectivity index is 2.95. The van der Waals surface area contributed by atoms with Crippen LogP contribution < -0.4 is 0 Å². The highest BCUT2D eigenvalue weighted by atomic mass is 14.2. The lowest BCUT2D eigenvalue weighted by Crippen LogP contribution is -2.04. The van der Waals surface area contributed by atoms with Crippen molar-refractivity contribution in [3.63, 3.8) is 0 Å². The van der Waals surface area contributed by atoms with E-state index >= 15 is 0 Å². The minimum absolute atomic E-state index is 0.673. The average Bonchev–Trinajstić information content (AvgIpc) is 2.15. The maximum Gasteiger partial charge on any atom is -0.0153 e. The van der Waals surface area contributed by atoms with E-state index in [0.717, 1.165) is 0 Å². The molecule has 1 aliphatic carbocycles. The third kappa shape index (κ3) is 2.45. The van der Waals surface area contributed by atoms with Crippen LogP contribution >= 0.6 is 0 Å². The van der Waals surface area contributed by atoms with Gasteiger partial charge in [-0.3, -0.25) is 0 Å². The van der Waals surface area contributed by atoms with Gasteiger partial charge in [0.2, 0.25) is 0 Å². The molecule has 0 N–H and O–H groups in total. The Bertz CT molecular complexity index is 274. The van der Waals surface area contributed by atoms with Crippen molar-refractivity contribution in [1.29, 1.82) is 0 Å². The molecule has 0 amide bonds. The van der Waals surface area contributed by atoms with Crippen molar-refractivity contribution in [2.75, 3.05) is 0 Å². The maximum absolute atomic E-state index is 2.28. The van der Waals surface area contributed by atoms with Gasteiger partial charge in [-0.05, 0) is 37.3 Å². The first-order valence-corrected chi connectivity index (χ1v) is 4.95. The minimum atomic E-state index is 0.673. The molecule has 0 heteroatoms. The van der Waals surface area contributed by atoms with E-state index in [9.17, 15) is 0 Å². The summed E-state index contributed by atoms with van der Waals surface area (Å²) in [5.41, 5.74) is 2.83. The molecule has 0 nitrogen and oxygen atoms in total. The highest BCUT2D eigenvalue weighted by Gasteiger charge is 2.12. The predicted molar refractivity (Wildman–Crippen MR) is 59.6 cm³/mol. The van der Waals surface area contributed by atoms with Gasteiger partial charge in [0.25, 0.3) is 0 Å². The largest absolute Gasteiger partial charge is 0.0876 e. The van der Waals surface area contributed by atoms with Gasteiger partial charge in [0.15, 0.2) is 0 Å². The Kier molecular flexibility index (Phi) is 3.75. The highest BCUT2D eigenvalue weighted by Crippen LogP contribution is 2.28. The summed E-state index contributed by atoms with van der Waals surface area (Å²) in [6, 6.07) is 0. The molecule has 1 rings (SSSR count). The Morgan fingerprint density at radius 3 is 2.77 bits per heavy atom. The fourth-order valence-corrected chi connectivity index (χ4v) is 1.71. The summed E-state index contributed by atoms with van der Waals surface area (Å²) in [7, 11) is 0. The van der Waals surface area contributed by atoms with Crippen molar-refractivity contribution in [2.24, 2.45) is 5.92 Å². The van der Waals surface area contributed by atoms with Gasteiger partial charge < -0.3 is 0 Å². The quantitative estimate of drug-likeness (QED) is 0.563. The van der Waals surface area contributed by atoms with Crippen LogP contribution in [0.25, 0.3) is 0 Å². The average molecular weight is 174 g/mol. The first-order chi connectivity index (χ1) is 6.29. The smallest absolute Gasteiger partial charge is 0.0153 e. The summed E-state index contributed by atoms with van der Waals surface area (Å²) in [5.74, 6) is 0.673. The monoisotopic (exact) mass is 174 g/mol. The van der Waals surface area contributed by atoms with Crippen LogP contribution in [0, 0.1) is 5.92 Å². The van der Waals surface area contributed by atoms with Gasteiger partial charge in [-0.15, -0.1) is 0 Å². The topological polar surface area (TPSA) is 0 Å². The standard InChI is InChI=1S/C13H18/c1-4-6-9-12-10-7-8-11(3)13(12)5-2/h4-7,9-11H,8H2,1-3H3/b6-4+,12-9-,13-5+/t11-/m1/s1. The number of hydrogen-bond acceptors (Lipinski definition) is 0. The van der Waals surface area contributed by atoms with Crippen LogP contribution in [0.3, 0.4) is 0 Å². The van der Waals surface area contributed by atoms with Gasteiger partial charge in [0, 0.05) is 0 Å². The van der Waals surface area contributed by atoms with Crippen LogP contribution in [-0.2, 0) is 0 Å². The van der Waals surface area contributed by atoms with Crippen LogP contribution in [0.15, 0.2) is 47.6 Å². The van der Waals surface area contributed by atoms with E-state index in [1.807, 2.05) is 6.92 Å². The van der Waals surface area contributed by atoms with E-state index in [2.05, 4.69) is 50.3 Å². The summed E-state index contributed by atoms with van der Waals surface area (Å²) >= 11 is 0. The summed E-state index contributed by atoms with van der Waals surface area (Å²) < 4.78 is 0. The number of rotatable bonds is 1. The third-order valence-electron chi connectivity index (χ3n) is 2.43. The lowest BCUT2D eigenvalue weighted by atomic mass is 9.86. The second-order valence-electron chi connectivity index (χ2n) is 3.43. The van der Waals surface area contributed by atoms with Crippen molar-refractivity contribution in [3.8, 4) is 0 Å². The Hall–Kier alpha value is -1.04. The molecule has 0 heterocycles. The number of allylic oxidation sites excluding steroid dienone is 8. The second-order valence-corrected chi connectivity index (χ2v) is 3.43. The Morgan fingerprint density at radius 2 is 2.15 bits per heavy atom. The summed E-state index contributed by atoms with van der Waals surface area (Å²) in [5, 5.41) is 0. The zero-order valence-electron chi connectivity index (χ0n) is 8.75. The summed E-state index contributed by atoms with van der Waals surface area (Å²) in [4.78, 5) is 0. The number of hydrogen-bond donors (Lipinski definition) is 0. The maximum atomic E-state index is 2.28. The molecule has 0 aliphatic heterocycles. The fraction of sp³-hybridized carbons (Fsp3) is 0.385. The molecule has 0 spiro atoms. The molecular formula is C13H18. The van der Waals surface area contributed by atoms with Crippen molar-refractivity contribution >= 4 is 0 Å². The molecule has 0 bridgehead atoms. The SMILES string of the molecule is C/C=C/C=C1/C=CC[C@@H](C)/C1=C\C. The van der Waals surface area contributed by atoms with Crippen molar-refractivity contribution in [1.82, 2.24) is 0 Å². The lowest BCUT2D eigenvalue weighted by Gasteiger charge is -2.19. The zero-order chi connectivity index (χ0) is 9.68. The first kappa shape index (κ1) is 10.0. The first-order valence-electron chi connectivity index (χ1n) is 4.95. The van der Waals surface area contributed by atoms with E-state index in [4.69, 9.17) is 0 Å². The summed E-state index contributed by atoms with van der Waals surface area (Å²) in [6.45, 7) is 6.44. The van der Waals surface area contributed by atoms with Crippen LogP contribution in [0.2, 0.25) is 0 Å². The van der Waals surface area contributed by atoms with Crippen molar-refractivity contribution < 1.29 is 0 Å². The molecule has 0 aromatic carbocycles. The summed E-state index contributed by atoms with van der Waals surface area (Å²) in [6.07, 6.45) is 14.2. The highest BCUT2D eigenvalue weighted by molar-refractivity contribution is 5.45. The van der Waals surface area contributed by atoms with Crippen LogP contribution in [0.5, 0.6) is 0 Å². The molecular weight excluding hydrogens is 156 g/mol. The molecule has 0 aromatic rings. The van der Waals surface area contributed by atoms with E-state index in [0.29, 0.717) is 5.92 Å². The molecule has 0 saturated carbocycles. The predicted octanol–water partition coefficient (Wildman–Crippen LogP) is 4.03. The Morgan fingerprint density at radius 1 is 1.38 bits per heavy atom. The van der Waals surface area contributed by atoms with E-state index in [1.54, 1.807) is 0 Å².